The molecule has 1 aliphatic carbocycles. The lowest BCUT2D eigenvalue weighted by Crippen LogP contribution is -2.32. The lowest BCUT2D eigenvalue weighted by atomic mass is 9.73. The van der Waals surface area contributed by atoms with Gasteiger partial charge in [-0.15, -0.1) is 0 Å². The summed E-state index contributed by atoms with van der Waals surface area (Å²) in [4.78, 5) is 2.43. The van der Waals surface area contributed by atoms with E-state index in [9.17, 15) is 9.50 Å². The second-order valence-electron chi connectivity index (χ2n) is 8.12. The van der Waals surface area contributed by atoms with Crippen LogP contribution in [0.5, 0.6) is 0 Å². The Hall–Kier alpha value is -1.13. The molecule has 4 rings (SSSR count). The quantitative estimate of drug-likeness (QED) is 0.681. The summed E-state index contributed by atoms with van der Waals surface area (Å²) in [7, 11) is 0. The van der Waals surface area contributed by atoms with Gasteiger partial charge in [-0.3, -0.25) is 4.90 Å². The second-order valence-corrected chi connectivity index (χ2v) is 8.93. The number of aliphatic hydroxyl groups is 1. The van der Waals surface area contributed by atoms with Crippen LogP contribution in [0.2, 0.25) is 10.0 Å². The Bertz CT molecular complexity index is 793. The molecule has 27 heavy (non-hydrogen) atoms. The highest BCUT2D eigenvalue weighted by Crippen LogP contribution is 2.44. The molecule has 2 nitrogen and oxygen atoms in total. The minimum atomic E-state index is -0.259. The first kappa shape index (κ1) is 19.2. The van der Waals surface area contributed by atoms with Gasteiger partial charge in [-0.2, -0.15) is 0 Å². The van der Waals surface area contributed by atoms with E-state index in [0.29, 0.717) is 15.5 Å². The summed E-state index contributed by atoms with van der Waals surface area (Å²) in [5.41, 5.74) is 3.10. The number of benzene rings is 2. The van der Waals surface area contributed by atoms with Crippen molar-refractivity contribution in [1.82, 2.24) is 4.90 Å². The molecule has 2 aliphatic rings. The predicted molar refractivity (Wildman–Crippen MR) is 109 cm³/mol. The molecule has 0 bridgehead atoms. The van der Waals surface area contributed by atoms with Gasteiger partial charge >= 0.3 is 0 Å². The van der Waals surface area contributed by atoms with Gasteiger partial charge in [0, 0.05) is 28.7 Å². The number of aliphatic hydroxyl groups excluding tert-OH is 1. The molecule has 5 heteroatoms. The van der Waals surface area contributed by atoms with E-state index in [-0.39, 0.29) is 11.9 Å². The van der Waals surface area contributed by atoms with Crippen LogP contribution >= 0.6 is 23.2 Å². The van der Waals surface area contributed by atoms with Crippen molar-refractivity contribution in [1.29, 1.82) is 0 Å². The van der Waals surface area contributed by atoms with Gasteiger partial charge in [0.2, 0.25) is 0 Å². The standard InChI is InChI=1S/C22H24Cl2FNO/c23-20-11-16(15-1-3-17(25)4-2-15)12-21(24)19(20)13-26-10-9-22(14-26)7-5-18(27)6-8-22/h1-4,11-12,18,27H,5-10,13-14H2. The molecule has 2 aromatic carbocycles. The third-order valence-corrected chi connectivity index (χ3v) is 6.91. The summed E-state index contributed by atoms with van der Waals surface area (Å²) in [5, 5.41) is 11.1. The Balaban J connectivity index is 1.49. The monoisotopic (exact) mass is 407 g/mol. The van der Waals surface area contributed by atoms with Crippen molar-refractivity contribution in [3.8, 4) is 11.1 Å². The van der Waals surface area contributed by atoms with Crippen molar-refractivity contribution in [3.63, 3.8) is 0 Å². The van der Waals surface area contributed by atoms with E-state index in [1.54, 1.807) is 12.1 Å². The molecule has 0 radical (unpaired) electrons. The van der Waals surface area contributed by atoms with Gasteiger partial charge in [0.1, 0.15) is 5.82 Å². The molecule has 1 aliphatic heterocycles. The summed E-state index contributed by atoms with van der Waals surface area (Å²) >= 11 is 13.1. The molecule has 1 heterocycles. The molecule has 2 fully saturated rings. The van der Waals surface area contributed by atoms with Gasteiger partial charge in [-0.05, 0) is 79.5 Å². The van der Waals surface area contributed by atoms with Crippen LogP contribution in [0.15, 0.2) is 36.4 Å². The van der Waals surface area contributed by atoms with Crippen molar-refractivity contribution in [2.24, 2.45) is 5.41 Å². The van der Waals surface area contributed by atoms with Crippen molar-refractivity contribution in [2.45, 2.75) is 44.8 Å². The van der Waals surface area contributed by atoms with Crippen LogP contribution in [0.25, 0.3) is 11.1 Å². The van der Waals surface area contributed by atoms with E-state index in [0.717, 1.165) is 62.0 Å². The Labute approximate surface area is 169 Å². The molecular formula is C22H24Cl2FNO. The highest BCUT2D eigenvalue weighted by Gasteiger charge is 2.40. The van der Waals surface area contributed by atoms with E-state index in [1.165, 1.54) is 18.6 Å². The predicted octanol–water partition coefficient (Wildman–Crippen LogP) is 5.93. The van der Waals surface area contributed by atoms with Crippen LogP contribution in [-0.4, -0.2) is 29.2 Å². The number of hydrogen-bond acceptors (Lipinski definition) is 2. The Kier molecular flexibility index (Phi) is 5.48. The van der Waals surface area contributed by atoms with Gasteiger partial charge in [0.05, 0.1) is 6.10 Å². The molecule has 1 saturated carbocycles. The van der Waals surface area contributed by atoms with Crippen LogP contribution in [-0.2, 0) is 6.54 Å². The van der Waals surface area contributed by atoms with Gasteiger partial charge < -0.3 is 5.11 Å². The number of halogens is 3. The molecule has 0 unspecified atom stereocenters. The SMILES string of the molecule is OC1CCC2(CC1)CCN(Cc1c(Cl)cc(-c3ccc(F)cc3)cc1Cl)C2. The fourth-order valence-electron chi connectivity index (χ4n) is 4.57. The fraction of sp³-hybridized carbons (Fsp3) is 0.455. The highest BCUT2D eigenvalue weighted by atomic mass is 35.5. The number of nitrogens with zero attached hydrogens (tertiary/aromatic N) is 1. The summed E-state index contributed by atoms with van der Waals surface area (Å²) in [6.07, 6.45) is 5.12. The molecule has 1 N–H and O–H groups in total. The molecule has 1 saturated heterocycles. The van der Waals surface area contributed by atoms with Crippen molar-refractivity contribution in [2.75, 3.05) is 13.1 Å². The molecule has 1 spiro atoms. The first-order valence-corrected chi connectivity index (χ1v) is 10.3. The van der Waals surface area contributed by atoms with E-state index in [2.05, 4.69) is 4.90 Å². The van der Waals surface area contributed by atoms with Crippen LogP contribution < -0.4 is 0 Å². The average Bonchev–Trinajstić information content (AvgIpc) is 3.04. The number of likely N-dealkylation sites (tertiary alicyclic amines) is 1. The topological polar surface area (TPSA) is 23.5 Å². The van der Waals surface area contributed by atoms with Crippen LogP contribution in [0.1, 0.15) is 37.7 Å². The van der Waals surface area contributed by atoms with E-state index < -0.39 is 0 Å². The van der Waals surface area contributed by atoms with Crippen molar-refractivity contribution >= 4 is 23.2 Å². The average molecular weight is 408 g/mol. The van der Waals surface area contributed by atoms with Gasteiger partial charge in [-0.1, -0.05) is 35.3 Å². The Morgan fingerprint density at radius 3 is 2.26 bits per heavy atom. The minimum Gasteiger partial charge on any atom is -0.393 e. The first-order valence-electron chi connectivity index (χ1n) is 9.58. The van der Waals surface area contributed by atoms with Crippen LogP contribution in [0.3, 0.4) is 0 Å². The van der Waals surface area contributed by atoms with Gasteiger partial charge in [-0.25, -0.2) is 4.39 Å². The summed E-state index contributed by atoms with van der Waals surface area (Å²) < 4.78 is 13.2. The normalized spacial score (nSPS) is 26.0. The molecular weight excluding hydrogens is 384 g/mol. The van der Waals surface area contributed by atoms with Crippen molar-refractivity contribution in [3.05, 3.63) is 57.8 Å². The molecule has 0 amide bonds. The maximum absolute atomic E-state index is 13.2. The largest absolute Gasteiger partial charge is 0.393 e. The minimum absolute atomic E-state index is 0.118. The lowest BCUT2D eigenvalue weighted by molar-refractivity contribution is 0.0657. The summed E-state index contributed by atoms with van der Waals surface area (Å²) in [6.45, 7) is 2.83. The fourth-order valence-corrected chi connectivity index (χ4v) is 5.18. The Morgan fingerprint density at radius 1 is 1.00 bits per heavy atom. The van der Waals surface area contributed by atoms with Crippen LogP contribution in [0, 0.1) is 11.2 Å². The summed E-state index contributed by atoms with van der Waals surface area (Å²) in [6, 6.07) is 10.2. The van der Waals surface area contributed by atoms with Gasteiger partial charge in [0.25, 0.3) is 0 Å². The third kappa shape index (κ3) is 4.17. The maximum atomic E-state index is 13.2. The molecule has 0 aromatic heterocycles. The maximum Gasteiger partial charge on any atom is 0.123 e. The highest BCUT2D eigenvalue weighted by molar-refractivity contribution is 6.36. The lowest BCUT2D eigenvalue weighted by Gasteiger charge is -2.35. The second kappa shape index (κ2) is 7.71. The molecule has 144 valence electrons. The van der Waals surface area contributed by atoms with Gasteiger partial charge in [0.15, 0.2) is 0 Å². The van der Waals surface area contributed by atoms with E-state index in [4.69, 9.17) is 23.2 Å². The smallest absolute Gasteiger partial charge is 0.123 e. The summed E-state index contributed by atoms with van der Waals surface area (Å²) in [5.74, 6) is -0.259. The van der Waals surface area contributed by atoms with E-state index in [1.807, 2.05) is 12.1 Å². The first-order chi connectivity index (χ1) is 12.9. The zero-order chi connectivity index (χ0) is 19.0. The number of hydrogen-bond donors (Lipinski definition) is 1. The van der Waals surface area contributed by atoms with Crippen LogP contribution in [0.4, 0.5) is 4.39 Å². The molecule has 2 aromatic rings. The zero-order valence-corrected chi connectivity index (χ0v) is 16.7. The number of rotatable bonds is 3. The molecule has 0 atom stereocenters. The zero-order valence-electron chi connectivity index (χ0n) is 15.2. The van der Waals surface area contributed by atoms with E-state index >= 15 is 0 Å². The Morgan fingerprint density at radius 2 is 1.63 bits per heavy atom. The van der Waals surface area contributed by atoms with Crippen molar-refractivity contribution < 1.29 is 9.50 Å². The third-order valence-electron chi connectivity index (χ3n) is 6.23.